The summed E-state index contributed by atoms with van der Waals surface area (Å²) in [5, 5.41) is 14.0. The Bertz CT molecular complexity index is 1700. The number of hydrogen-bond acceptors (Lipinski definition) is 5. The summed E-state index contributed by atoms with van der Waals surface area (Å²) >= 11 is 0. The summed E-state index contributed by atoms with van der Waals surface area (Å²) in [5.74, 6) is -0.182. The van der Waals surface area contributed by atoms with Crippen LogP contribution in [0, 0.1) is 0 Å². The lowest BCUT2D eigenvalue weighted by molar-refractivity contribution is -0.870. The first kappa shape index (κ1) is 84.7. The standard InChI is InChI=1S/C78H145N2O6P/c1-6-8-10-12-14-16-18-20-22-24-26-28-30-32-34-36-37-38-39-40-41-42-43-44-46-48-50-52-54-56-58-60-62-64-66-68-70-72-78(82)79-76(75-86-87(83,84)85-74-73-80(3,4)5)77(81)71-69-67-65-63-61-59-57-55-53-51-49-47-45-35-33-31-29-27-25-23-21-19-17-15-13-11-9-7-2/h8,10,14,16,20,22,26,28,32,34,61,63,69,71,76-77,81H,6-7,9,11-13,15,17-19,21,23-25,27,29-31,33,35-60,62,64-68,70,72-75H2,1-5H3,(H-,79,82,83,84)/p+1/b10-8-,16-14-,22-20-,28-26-,34-32-,63-61+,71-69+. The van der Waals surface area contributed by atoms with Crippen molar-refractivity contribution >= 4 is 13.7 Å². The fourth-order valence-electron chi connectivity index (χ4n) is 11.1. The molecule has 8 nitrogen and oxygen atoms in total. The molecule has 0 radical (unpaired) electrons. The Balaban J connectivity index is 4.02. The van der Waals surface area contributed by atoms with Crippen LogP contribution >= 0.6 is 7.82 Å². The summed E-state index contributed by atoms with van der Waals surface area (Å²) in [6.45, 7) is 4.73. The number of carbonyl (C=O) groups is 1. The van der Waals surface area contributed by atoms with Gasteiger partial charge < -0.3 is 19.8 Å². The number of aliphatic hydroxyl groups is 1. The highest BCUT2D eigenvalue weighted by Crippen LogP contribution is 2.43. The Morgan fingerprint density at radius 3 is 1.06 bits per heavy atom. The van der Waals surface area contributed by atoms with Crippen LogP contribution in [-0.4, -0.2) is 73.4 Å². The van der Waals surface area contributed by atoms with E-state index in [4.69, 9.17) is 9.05 Å². The van der Waals surface area contributed by atoms with Crippen molar-refractivity contribution in [3.63, 3.8) is 0 Å². The number of unbranched alkanes of at least 4 members (excludes halogenated alkanes) is 44. The van der Waals surface area contributed by atoms with E-state index in [0.717, 1.165) is 70.6 Å². The predicted molar refractivity (Wildman–Crippen MR) is 383 cm³/mol. The van der Waals surface area contributed by atoms with Crippen LogP contribution in [0.5, 0.6) is 0 Å². The molecule has 87 heavy (non-hydrogen) atoms. The summed E-state index contributed by atoms with van der Waals surface area (Å²) < 4.78 is 23.8. The van der Waals surface area contributed by atoms with Gasteiger partial charge in [-0.25, -0.2) is 4.57 Å². The minimum atomic E-state index is -4.37. The van der Waals surface area contributed by atoms with E-state index in [0.29, 0.717) is 17.4 Å². The molecule has 3 atom stereocenters. The van der Waals surface area contributed by atoms with Crippen molar-refractivity contribution in [2.45, 2.75) is 366 Å². The Hall–Kier alpha value is -2.32. The number of carbonyl (C=O) groups excluding carboxylic acids is 1. The second kappa shape index (κ2) is 68.1. The number of nitrogens with zero attached hydrogens (tertiary/aromatic N) is 1. The zero-order valence-corrected chi connectivity index (χ0v) is 59.2. The summed E-state index contributed by atoms with van der Waals surface area (Å²) in [5.41, 5.74) is 0. The third-order valence-corrected chi connectivity index (χ3v) is 17.8. The van der Waals surface area contributed by atoms with Crippen molar-refractivity contribution in [3.8, 4) is 0 Å². The molecule has 0 aliphatic rings. The maximum atomic E-state index is 13.1. The second-order valence-corrected chi connectivity index (χ2v) is 28.1. The van der Waals surface area contributed by atoms with Crippen LogP contribution in [-0.2, 0) is 18.4 Å². The number of rotatable bonds is 69. The Kier molecular flexibility index (Phi) is 66.2. The molecule has 0 saturated heterocycles. The van der Waals surface area contributed by atoms with Gasteiger partial charge >= 0.3 is 7.82 Å². The van der Waals surface area contributed by atoms with Crippen LogP contribution in [0.15, 0.2) is 85.1 Å². The normalized spacial score (nSPS) is 14.1. The monoisotopic (exact) mass is 1240 g/mol. The lowest BCUT2D eigenvalue weighted by Crippen LogP contribution is -2.45. The third-order valence-electron chi connectivity index (χ3n) is 16.8. The molecule has 0 aromatic rings. The van der Waals surface area contributed by atoms with Gasteiger partial charge in [-0.1, -0.05) is 356 Å². The van der Waals surface area contributed by atoms with Crippen molar-refractivity contribution in [1.29, 1.82) is 0 Å². The van der Waals surface area contributed by atoms with Crippen LogP contribution in [0.2, 0.25) is 0 Å². The molecular weight excluding hydrogens is 1090 g/mol. The van der Waals surface area contributed by atoms with Crippen LogP contribution in [0.4, 0.5) is 0 Å². The summed E-state index contributed by atoms with van der Waals surface area (Å²) in [7, 11) is 1.56. The topological polar surface area (TPSA) is 105 Å². The number of phosphoric acid groups is 1. The Morgan fingerprint density at radius 2 is 0.701 bits per heavy atom. The van der Waals surface area contributed by atoms with E-state index in [1.807, 2.05) is 27.2 Å². The van der Waals surface area contributed by atoms with Gasteiger partial charge in [0.15, 0.2) is 0 Å². The molecule has 0 fully saturated rings. The van der Waals surface area contributed by atoms with Crippen molar-refractivity contribution in [1.82, 2.24) is 5.32 Å². The van der Waals surface area contributed by atoms with E-state index in [1.165, 1.54) is 263 Å². The molecule has 508 valence electrons. The fourth-order valence-corrected chi connectivity index (χ4v) is 11.8. The Labute approximate surface area is 541 Å². The molecular formula is C78H146N2O6P+. The van der Waals surface area contributed by atoms with Crippen LogP contribution < -0.4 is 5.32 Å². The van der Waals surface area contributed by atoms with Gasteiger partial charge in [-0.3, -0.25) is 13.8 Å². The quantitative estimate of drug-likeness (QED) is 0.0243. The van der Waals surface area contributed by atoms with Crippen molar-refractivity contribution in [2.75, 3.05) is 40.9 Å². The van der Waals surface area contributed by atoms with Crippen LogP contribution in [0.1, 0.15) is 354 Å². The van der Waals surface area contributed by atoms with E-state index >= 15 is 0 Å². The minimum absolute atomic E-state index is 0.0557. The van der Waals surface area contributed by atoms with Crippen LogP contribution in [0.3, 0.4) is 0 Å². The maximum Gasteiger partial charge on any atom is 0.472 e. The van der Waals surface area contributed by atoms with E-state index in [1.54, 1.807) is 6.08 Å². The van der Waals surface area contributed by atoms with Gasteiger partial charge in [0.25, 0.3) is 0 Å². The zero-order valence-electron chi connectivity index (χ0n) is 58.3. The van der Waals surface area contributed by atoms with Crippen molar-refractivity contribution in [3.05, 3.63) is 85.1 Å². The SMILES string of the molecule is CC/C=C\C/C=C\C/C=C\C/C=C\C/C=C\CCCCCCCCCCCCCCCCCCCCCCCC(=O)NC(COP(=O)(O)OCC[N+](C)(C)C)C(O)/C=C/CC/C=C/CCCCCCCCCCCCCCCCCCCCCCCC. The first-order valence-corrected chi connectivity index (χ1v) is 39.0. The number of nitrogens with one attached hydrogen (secondary N) is 1. The predicted octanol–water partition coefficient (Wildman–Crippen LogP) is 24.3. The first-order valence-electron chi connectivity index (χ1n) is 37.5. The highest BCUT2D eigenvalue weighted by Gasteiger charge is 2.28. The number of likely N-dealkylation sites (N-methyl/N-ethyl adjacent to an activating group) is 1. The van der Waals surface area contributed by atoms with Crippen molar-refractivity contribution in [2.24, 2.45) is 0 Å². The number of aliphatic hydroxyl groups excluding tert-OH is 1. The molecule has 0 spiro atoms. The minimum Gasteiger partial charge on any atom is -0.387 e. The molecule has 9 heteroatoms. The number of quaternary nitrogens is 1. The molecule has 0 rings (SSSR count). The smallest absolute Gasteiger partial charge is 0.387 e. The summed E-state index contributed by atoms with van der Waals surface area (Å²) in [4.78, 5) is 23.5. The lowest BCUT2D eigenvalue weighted by atomic mass is 10.0. The molecule has 3 N–H and O–H groups in total. The van der Waals surface area contributed by atoms with Crippen molar-refractivity contribution < 1.29 is 32.9 Å². The maximum absolute atomic E-state index is 13.1. The highest BCUT2D eigenvalue weighted by molar-refractivity contribution is 7.47. The van der Waals surface area contributed by atoms with Gasteiger partial charge in [-0.15, -0.1) is 0 Å². The number of amides is 1. The van der Waals surface area contributed by atoms with Gasteiger partial charge in [0.05, 0.1) is 39.9 Å². The van der Waals surface area contributed by atoms with E-state index in [2.05, 4.69) is 92.1 Å². The molecule has 1 amide bonds. The zero-order chi connectivity index (χ0) is 63.4. The first-order chi connectivity index (χ1) is 42.5. The third kappa shape index (κ3) is 71.0. The fraction of sp³-hybridized carbons (Fsp3) is 0.808. The van der Waals surface area contributed by atoms with E-state index in [9.17, 15) is 19.4 Å². The lowest BCUT2D eigenvalue weighted by Gasteiger charge is -2.25. The summed E-state index contributed by atoms with van der Waals surface area (Å²) in [6, 6.07) is -0.867. The van der Waals surface area contributed by atoms with Gasteiger partial charge in [0, 0.05) is 6.42 Å². The molecule has 0 aromatic heterocycles. The largest absolute Gasteiger partial charge is 0.472 e. The number of phosphoric ester groups is 1. The molecule has 0 aliphatic heterocycles. The van der Waals surface area contributed by atoms with Gasteiger partial charge in [-0.05, 0) is 77.0 Å². The number of allylic oxidation sites excluding steroid dienone is 13. The van der Waals surface area contributed by atoms with E-state index < -0.39 is 20.0 Å². The Morgan fingerprint density at radius 1 is 0.402 bits per heavy atom. The summed E-state index contributed by atoms with van der Waals surface area (Å²) in [6.07, 6.45) is 97.6. The molecule has 3 unspecified atom stereocenters. The molecule has 0 heterocycles. The van der Waals surface area contributed by atoms with Crippen LogP contribution in [0.25, 0.3) is 0 Å². The molecule has 0 aliphatic carbocycles. The van der Waals surface area contributed by atoms with Gasteiger partial charge in [0.1, 0.15) is 13.2 Å². The highest BCUT2D eigenvalue weighted by atomic mass is 31.2. The average Bonchev–Trinajstić information content (AvgIpc) is 3.70. The van der Waals surface area contributed by atoms with Gasteiger partial charge in [0.2, 0.25) is 5.91 Å². The molecule has 0 saturated carbocycles. The molecule has 0 bridgehead atoms. The molecule has 0 aromatic carbocycles. The van der Waals surface area contributed by atoms with Gasteiger partial charge in [-0.2, -0.15) is 0 Å². The van der Waals surface area contributed by atoms with E-state index in [-0.39, 0.29) is 19.1 Å². The second-order valence-electron chi connectivity index (χ2n) is 26.6. The average molecular weight is 1240 g/mol. The number of hydrogen-bond donors (Lipinski definition) is 3.